The molecule has 2 rings (SSSR count). The maximum absolute atomic E-state index is 12.0. The summed E-state index contributed by atoms with van der Waals surface area (Å²) in [5.74, 6) is 1.34. The van der Waals surface area contributed by atoms with E-state index in [0.717, 1.165) is 24.3 Å². The van der Waals surface area contributed by atoms with E-state index < -0.39 is 0 Å². The normalized spacial score (nSPS) is 10.3. The van der Waals surface area contributed by atoms with Gasteiger partial charge in [-0.2, -0.15) is 0 Å². The number of carbonyl (C=O) groups excluding carboxylic acids is 2. The van der Waals surface area contributed by atoms with Gasteiger partial charge in [0.1, 0.15) is 11.5 Å². The predicted octanol–water partition coefficient (Wildman–Crippen LogP) is 5.01. The van der Waals surface area contributed by atoms with Crippen LogP contribution in [0.15, 0.2) is 48.5 Å². The van der Waals surface area contributed by atoms with Gasteiger partial charge in [0.15, 0.2) is 0 Å². The van der Waals surface area contributed by atoms with Crippen LogP contribution in [0, 0.1) is 0 Å². The van der Waals surface area contributed by atoms with Crippen molar-refractivity contribution in [2.75, 3.05) is 23.8 Å². The van der Waals surface area contributed by atoms with E-state index in [9.17, 15) is 9.59 Å². The fourth-order valence-electron chi connectivity index (χ4n) is 2.57. The lowest BCUT2D eigenvalue weighted by molar-refractivity contribution is -0.117. The lowest BCUT2D eigenvalue weighted by Gasteiger charge is -2.09. The van der Waals surface area contributed by atoms with E-state index >= 15 is 0 Å². The number of nitrogens with one attached hydrogen (secondary N) is 2. The van der Waals surface area contributed by atoms with Crippen LogP contribution < -0.4 is 20.1 Å². The van der Waals surface area contributed by atoms with Gasteiger partial charge >= 0.3 is 0 Å². The minimum atomic E-state index is -0.113. The summed E-state index contributed by atoms with van der Waals surface area (Å²) in [4.78, 5) is 24.1. The molecule has 0 aromatic heterocycles. The molecule has 0 atom stereocenters. The lowest BCUT2D eigenvalue weighted by atomic mass is 10.2. The zero-order valence-corrected chi connectivity index (χ0v) is 17.2. The van der Waals surface area contributed by atoms with Gasteiger partial charge in [0.25, 0.3) is 0 Å². The van der Waals surface area contributed by atoms with Gasteiger partial charge in [-0.05, 0) is 67.8 Å². The summed E-state index contributed by atoms with van der Waals surface area (Å²) in [6.07, 6.45) is 2.94. The molecule has 6 heteroatoms. The van der Waals surface area contributed by atoms with E-state index in [1.165, 1.54) is 0 Å². The minimum Gasteiger partial charge on any atom is -0.494 e. The van der Waals surface area contributed by atoms with Crippen LogP contribution in [0.1, 0.15) is 46.0 Å². The maximum atomic E-state index is 12.0. The molecule has 0 unspecified atom stereocenters. The van der Waals surface area contributed by atoms with Gasteiger partial charge in [0, 0.05) is 24.2 Å². The summed E-state index contributed by atoms with van der Waals surface area (Å²) in [6.45, 7) is 5.44. The van der Waals surface area contributed by atoms with Crippen LogP contribution in [0.25, 0.3) is 0 Å². The molecule has 0 aliphatic rings. The van der Waals surface area contributed by atoms with Gasteiger partial charge in [-0.15, -0.1) is 0 Å². The number of rotatable bonds is 12. The quantitative estimate of drug-likeness (QED) is 0.527. The highest BCUT2D eigenvalue weighted by Gasteiger charge is 2.07. The van der Waals surface area contributed by atoms with E-state index in [2.05, 4.69) is 10.6 Å². The second-order valence-corrected chi connectivity index (χ2v) is 6.70. The highest BCUT2D eigenvalue weighted by Crippen LogP contribution is 2.17. The van der Waals surface area contributed by atoms with Crippen LogP contribution in [0.2, 0.25) is 0 Å². The van der Waals surface area contributed by atoms with Gasteiger partial charge in [0.05, 0.1) is 13.2 Å². The number of carbonyl (C=O) groups is 2. The second kappa shape index (κ2) is 12.4. The molecule has 0 bridgehead atoms. The Kier molecular flexibility index (Phi) is 9.55. The van der Waals surface area contributed by atoms with Crippen LogP contribution in [0.5, 0.6) is 11.5 Å². The second-order valence-electron chi connectivity index (χ2n) is 6.70. The molecule has 0 saturated carbocycles. The van der Waals surface area contributed by atoms with Crippen molar-refractivity contribution in [1.29, 1.82) is 0 Å². The van der Waals surface area contributed by atoms with Gasteiger partial charge in [-0.3, -0.25) is 9.59 Å². The average Bonchev–Trinajstić information content (AvgIpc) is 2.72. The Bertz CT molecular complexity index is 692. The molecule has 0 saturated heterocycles. The van der Waals surface area contributed by atoms with Crippen LogP contribution in [-0.2, 0) is 9.59 Å². The van der Waals surface area contributed by atoms with E-state index in [1.54, 1.807) is 0 Å². The van der Waals surface area contributed by atoms with Crippen molar-refractivity contribution in [3.8, 4) is 11.5 Å². The number of amides is 2. The first kappa shape index (κ1) is 22.3. The molecule has 0 heterocycles. The first-order chi connectivity index (χ1) is 14.1. The van der Waals surface area contributed by atoms with E-state index in [4.69, 9.17) is 9.47 Å². The van der Waals surface area contributed by atoms with Crippen molar-refractivity contribution in [3.05, 3.63) is 48.5 Å². The molecule has 0 radical (unpaired) electrons. The third kappa shape index (κ3) is 8.68. The topological polar surface area (TPSA) is 76.7 Å². The average molecular weight is 399 g/mol. The maximum Gasteiger partial charge on any atom is 0.224 e. The molecule has 2 aromatic carbocycles. The minimum absolute atomic E-state index is 0.113. The third-order valence-electron chi connectivity index (χ3n) is 4.03. The van der Waals surface area contributed by atoms with Gasteiger partial charge in [-0.1, -0.05) is 13.8 Å². The number of hydrogen-bond donors (Lipinski definition) is 2. The van der Waals surface area contributed by atoms with Crippen molar-refractivity contribution < 1.29 is 19.1 Å². The molecule has 0 aliphatic carbocycles. The Morgan fingerprint density at radius 3 is 1.41 bits per heavy atom. The molecule has 0 spiro atoms. The Hall–Kier alpha value is -3.02. The summed E-state index contributed by atoms with van der Waals surface area (Å²) in [5.41, 5.74) is 1.43. The molecule has 0 fully saturated rings. The monoisotopic (exact) mass is 398 g/mol. The van der Waals surface area contributed by atoms with Crippen molar-refractivity contribution in [3.63, 3.8) is 0 Å². The van der Waals surface area contributed by atoms with Crippen LogP contribution in [-0.4, -0.2) is 25.0 Å². The fourth-order valence-corrected chi connectivity index (χ4v) is 2.57. The molecule has 29 heavy (non-hydrogen) atoms. The van der Waals surface area contributed by atoms with Crippen molar-refractivity contribution >= 4 is 23.2 Å². The standard InChI is InChI=1S/C23H30N2O4/c1-3-16-28-20-12-8-18(9-13-20)24-22(26)6-5-7-23(27)25-19-10-14-21(15-11-19)29-17-4-2/h8-15H,3-7,16-17H2,1-2H3,(H,24,26)(H,25,27). The highest BCUT2D eigenvalue weighted by molar-refractivity contribution is 5.93. The Labute approximate surface area is 172 Å². The predicted molar refractivity (Wildman–Crippen MR) is 116 cm³/mol. The molecular weight excluding hydrogens is 368 g/mol. The van der Waals surface area contributed by atoms with Crippen LogP contribution in [0.3, 0.4) is 0 Å². The Balaban J connectivity index is 1.66. The third-order valence-corrected chi connectivity index (χ3v) is 4.03. The summed E-state index contributed by atoms with van der Waals surface area (Å²) in [6, 6.07) is 14.6. The molecule has 156 valence electrons. The Morgan fingerprint density at radius 2 is 1.07 bits per heavy atom. The molecule has 6 nitrogen and oxygen atoms in total. The van der Waals surface area contributed by atoms with Crippen molar-refractivity contribution in [2.24, 2.45) is 0 Å². The largest absolute Gasteiger partial charge is 0.494 e. The Morgan fingerprint density at radius 1 is 0.690 bits per heavy atom. The highest BCUT2D eigenvalue weighted by atomic mass is 16.5. The van der Waals surface area contributed by atoms with Crippen molar-refractivity contribution in [1.82, 2.24) is 0 Å². The van der Waals surface area contributed by atoms with Crippen LogP contribution in [0.4, 0.5) is 11.4 Å². The first-order valence-electron chi connectivity index (χ1n) is 10.2. The van der Waals surface area contributed by atoms with E-state index in [-0.39, 0.29) is 24.7 Å². The summed E-state index contributed by atoms with van der Waals surface area (Å²) in [5, 5.41) is 5.66. The summed E-state index contributed by atoms with van der Waals surface area (Å²) < 4.78 is 11.0. The summed E-state index contributed by atoms with van der Waals surface area (Å²) in [7, 11) is 0. The number of ether oxygens (including phenoxy) is 2. The number of anilines is 2. The van der Waals surface area contributed by atoms with E-state index in [0.29, 0.717) is 31.0 Å². The molecule has 2 aromatic rings. The number of hydrogen-bond acceptors (Lipinski definition) is 4. The van der Waals surface area contributed by atoms with Gasteiger partial charge in [0.2, 0.25) is 11.8 Å². The summed E-state index contributed by atoms with van der Waals surface area (Å²) >= 11 is 0. The zero-order valence-electron chi connectivity index (χ0n) is 17.2. The SMILES string of the molecule is CCCOc1ccc(NC(=O)CCCC(=O)Nc2ccc(OCCC)cc2)cc1. The zero-order chi connectivity index (χ0) is 20.9. The van der Waals surface area contributed by atoms with Crippen LogP contribution >= 0.6 is 0 Å². The molecule has 0 aliphatic heterocycles. The first-order valence-corrected chi connectivity index (χ1v) is 10.2. The van der Waals surface area contributed by atoms with E-state index in [1.807, 2.05) is 62.4 Å². The molecule has 2 N–H and O–H groups in total. The van der Waals surface area contributed by atoms with Crippen molar-refractivity contribution in [2.45, 2.75) is 46.0 Å². The molecular formula is C23H30N2O4. The van der Waals surface area contributed by atoms with Gasteiger partial charge in [-0.25, -0.2) is 0 Å². The smallest absolute Gasteiger partial charge is 0.224 e. The molecule has 2 amide bonds. The lowest BCUT2D eigenvalue weighted by Crippen LogP contribution is -2.14. The van der Waals surface area contributed by atoms with Gasteiger partial charge < -0.3 is 20.1 Å². The fraction of sp³-hybridized carbons (Fsp3) is 0.391. The number of benzene rings is 2.